The van der Waals surface area contributed by atoms with Gasteiger partial charge in [0.2, 0.25) is 0 Å². The Morgan fingerprint density at radius 3 is 2.71 bits per heavy atom. The van der Waals surface area contributed by atoms with E-state index in [2.05, 4.69) is 18.6 Å². The average Bonchev–Trinajstić information content (AvgIpc) is 2.22. The lowest BCUT2D eigenvalue weighted by atomic mass is 10.2. The third kappa shape index (κ3) is 6.27. The molecular formula is C10H21NO2S. The molecule has 0 saturated heterocycles. The van der Waals surface area contributed by atoms with E-state index in [4.69, 9.17) is 5.73 Å². The van der Waals surface area contributed by atoms with Gasteiger partial charge in [0, 0.05) is 0 Å². The van der Waals surface area contributed by atoms with Crippen LogP contribution in [0.2, 0.25) is 0 Å². The number of carbonyl (C=O) groups is 1. The molecule has 0 aliphatic rings. The number of nitrogens with two attached hydrogens (primary N) is 1. The zero-order valence-corrected chi connectivity index (χ0v) is 10.1. The van der Waals surface area contributed by atoms with Crippen molar-refractivity contribution in [3.8, 4) is 0 Å². The molecule has 2 N–H and O–H groups in total. The largest absolute Gasteiger partial charge is 0.468 e. The summed E-state index contributed by atoms with van der Waals surface area (Å²) in [6.07, 6.45) is 1.91. The van der Waals surface area contributed by atoms with Gasteiger partial charge in [-0.1, -0.05) is 20.3 Å². The number of rotatable bonds is 7. The highest BCUT2D eigenvalue weighted by Crippen LogP contribution is 2.12. The first-order chi connectivity index (χ1) is 6.61. The van der Waals surface area contributed by atoms with Crippen LogP contribution in [-0.2, 0) is 9.53 Å². The highest BCUT2D eigenvalue weighted by molar-refractivity contribution is 7.99. The van der Waals surface area contributed by atoms with Crippen molar-refractivity contribution in [2.24, 2.45) is 11.7 Å². The van der Waals surface area contributed by atoms with Crippen molar-refractivity contribution in [1.29, 1.82) is 0 Å². The van der Waals surface area contributed by atoms with E-state index in [1.54, 1.807) is 0 Å². The topological polar surface area (TPSA) is 52.3 Å². The second kappa shape index (κ2) is 8.12. The Bertz CT molecular complexity index is 164. The summed E-state index contributed by atoms with van der Waals surface area (Å²) in [4.78, 5) is 10.9. The lowest BCUT2D eigenvalue weighted by Gasteiger charge is -2.10. The Morgan fingerprint density at radius 1 is 1.57 bits per heavy atom. The molecule has 0 aliphatic heterocycles. The minimum Gasteiger partial charge on any atom is -0.468 e. The number of hydrogen-bond acceptors (Lipinski definition) is 4. The second-order valence-electron chi connectivity index (χ2n) is 3.51. The van der Waals surface area contributed by atoms with Crippen LogP contribution in [0.1, 0.15) is 26.7 Å². The summed E-state index contributed by atoms with van der Waals surface area (Å²) in [7, 11) is 1.37. The van der Waals surface area contributed by atoms with Crippen LogP contribution in [0.3, 0.4) is 0 Å². The standard InChI is InChI=1S/C10H21NO2S/c1-4-8(2)7-14-6-5-9(11)10(12)13-3/h8-9H,4-7,11H2,1-3H3. The van der Waals surface area contributed by atoms with Gasteiger partial charge in [-0.3, -0.25) is 4.79 Å². The highest BCUT2D eigenvalue weighted by atomic mass is 32.2. The minimum absolute atomic E-state index is 0.311. The van der Waals surface area contributed by atoms with Crippen LogP contribution in [0.5, 0.6) is 0 Å². The zero-order chi connectivity index (χ0) is 11.0. The zero-order valence-electron chi connectivity index (χ0n) is 9.29. The van der Waals surface area contributed by atoms with Gasteiger partial charge in [-0.15, -0.1) is 0 Å². The van der Waals surface area contributed by atoms with Crippen LogP contribution in [0, 0.1) is 5.92 Å². The third-order valence-corrected chi connectivity index (χ3v) is 3.51. The molecule has 0 aromatic heterocycles. The van der Waals surface area contributed by atoms with E-state index in [9.17, 15) is 4.79 Å². The molecule has 0 aliphatic carbocycles. The molecule has 2 atom stereocenters. The van der Waals surface area contributed by atoms with Gasteiger partial charge in [-0.2, -0.15) is 11.8 Å². The molecule has 0 amide bonds. The molecule has 14 heavy (non-hydrogen) atoms. The molecule has 0 heterocycles. The van der Waals surface area contributed by atoms with Crippen molar-refractivity contribution in [3.05, 3.63) is 0 Å². The van der Waals surface area contributed by atoms with Crippen molar-refractivity contribution < 1.29 is 9.53 Å². The molecule has 2 unspecified atom stereocenters. The smallest absolute Gasteiger partial charge is 0.322 e. The Balaban J connectivity index is 3.40. The highest BCUT2D eigenvalue weighted by Gasteiger charge is 2.12. The van der Waals surface area contributed by atoms with E-state index in [0.29, 0.717) is 6.42 Å². The first-order valence-electron chi connectivity index (χ1n) is 5.03. The Morgan fingerprint density at radius 2 is 2.21 bits per heavy atom. The first-order valence-corrected chi connectivity index (χ1v) is 6.18. The molecule has 84 valence electrons. The predicted octanol–water partition coefficient (Wildman–Crippen LogP) is 1.66. The lowest BCUT2D eigenvalue weighted by Crippen LogP contribution is -2.32. The van der Waals surface area contributed by atoms with Crippen molar-refractivity contribution >= 4 is 17.7 Å². The van der Waals surface area contributed by atoms with Gasteiger partial charge in [0.1, 0.15) is 6.04 Å². The van der Waals surface area contributed by atoms with Gasteiger partial charge in [0.15, 0.2) is 0 Å². The van der Waals surface area contributed by atoms with Gasteiger partial charge in [0.05, 0.1) is 7.11 Å². The second-order valence-corrected chi connectivity index (χ2v) is 4.66. The molecule has 0 saturated carbocycles. The van der Waals surface area contributed by atoms with E-state index in [-0.39, 0.29) is 5.97 Å². The van der Waals surface area contributed by atoms with Crippen LogP contribution in [0.15, 0.2) is 0 Å². The van der Waals surface area contributed by atoms with E-state index in [1.807, 2.05) is 11.8 Å². The maximum absolute atomic E-state index is 10.9. The maximum Gasteiger partial charge on any atom is 0.322 e. The monoisotopic (exact) mass is 219 g/mol. The van der Waals surface area contributed by atoms with E-state index in [0.717, 1.165) is 17.4 Å². The van der Waals surface area contributed by atoms with Crippen LogP contribution in [-0.4, -0.2) is 30.6 Å². The maximum atomic E-state index is 10.9. The quantitative estimate of drug-likeness (QED) is 0.522. The molecule has 0 bridgehead atoms. The van der Waals surface area contributed by atoms with Crippen LogP contribution in [0.25, 0.3) is 0 Å². The molecule has 0 fully saturated rings. The van der Waals surface area contributed by atoms with E-state index >= 15 is 0 Å². The van der Waals surface area contributed by atoms with Crippen LogP contribution in [0.4, 0.5) is 0 Å². The van der Waals surface area contributed by atoms with Crippen molar-refractivity contribution in [1.82, 2.24) is 0 Å². The number of thioether (sulfide) groups is 1. The minimum atomic E-state index is -0.454. The number of esters is 1. The van der Waals surface area contributed by atoms with Crippen molar-refractivity contribution in [2.45, 2.75) is 32.7 Å². The molecule has 0 aromatic carbocycles. The van der Waals surface area contributed by atoms with Crippen molar-refractivity contribution in [3.63, 3.8) is 0 Å². The molecule has 0 radical (unpaired) electrons. The summed E-state index contributed by atoms with van der Waals surface area (Å²) in [6.45, 7) is 4.42. The Hall–Kier alpha value is -0.220. The van der Waals surface area contributed by atoms with Gasteiger partial charge in [-0.25, -0.2) is 0 Å². The van der Waals surface area contributed by atoms with Crippen molar-refractivity contribution in [2.75, 3.05) is 18.6 Å². The molecule has 0 spiro atoms. The molecule has 4 heteroatoms. The summed E-state index contributed by atoms with van der Waals surface area (Å²) in [5.41, 5.74) is 5.59. The van der Waals surface area contributed by atoms with Crippen LogP contribution < -0.4 is 5.73 Å². The molecule has 0 aromatic rings. The van der Waals surface area contributed by atoms with Gasteiger partial charge in [-0.05, 0) is 23.8 Å². The number of ether oxygens (including phenoxy) is 1. The third-order valence-electron chi connectivity index (χ3n) is 2.18. The summed E-state index contributed by atoms with van der Waals surface area (Å²) in [5, 5.41) is 0. The normalized spacial score (nSPS) is 14.9. The first kappa shape index (κ1) is 13.8. The summed E-state index contributed by atoms with van der Waals surface area (Å²) in [5.74, 6) is 2.51. The Labute approximate surface area is 90.8 Å². The van der Waals surface area contributed by atoms with E-state index < -0.39 is 6.04 Å². The fraction of sp³-hybridized carbons (Fsp3) is 0.900. The summed E-state index contributed by atoms with van der Waals surface area (Å²) < 4.78 is 4.54. The molecule has 3 nitrogen and oxygen atoms in total. The fourth-order valence-electron chi connectivity index (χ4n) is 0.882. The number of methoxy groups -OCH3 is 1. The number of carbonyl (C=O) groups excluding carboxylic acids is 1. The van der Waals surface area contributed by atoms with Gasteiger partial charge >= 0.3 is 5.97 Å². The Kier molecular flexibility index (Phi) is 7.99. The number of hydrogen-bond donors (Lipinski definition) is 1. The lowest BCUT2D eigenvalue weighted by molar-refractivity contribution is -0.142. The average molecular weight is 219 g/mol. The molecule has 0 rings (SSSR count). The van der Waals surface area contributed by atoms with E-state index in [1.165, 1.54) is 13.5 Å². The SMILES string of the molecule is CCC(C)CSCCC(N)C(=O)OC. The fourth-order valence-corrected chi connectivity index (χ4v) is 2.11. The van der Waals surface area contributed by atoms with Crippen LogP contribution >= 0.6 is 11.8 Å². The summed E-state index contributed by atoms with van der Waals surface area (Å²) >= 11 is 1.85. The molecular weight excluding hydrogens is 198 g/mol. The summed E-state index contributed by atoms with van der Waals surface area (Å²) in [6, 6.07) is -0.454. The van der Waals surface area contributed by atoms with Gasteiger partial charge in [0.25, 0.3) is 0 Å². The van der Waals surface area contributed by atoms with Gasteiger partial charge < -0.3 is 10.5 Å². The predicted molar refractivity (Wildman–Crippen MR) is 61.4 cm³/mol.